The first-order valence-electron chi connectivity index (χ1n) is 9.79. The van der Waals surface area contributed by atoms with Gasteiger partial charge in [-0.25, -0.2) is 0 Å². The Hall–Kier alpha value is -3.07. The van der Waals surface area contributed by atoms with Gasteiger partial charge in [0.1, 0.15) is 17.8 Å². The number of hydrogen-bond donors (Lipinski definition) is 1. The van der Waals surface area contributed by atoms with Crippen LogP contribution in [0.2, 0.25) is 0 Å². The summed E-state index contributed by atoms with van der Waals surface area (Å²) in [5, 5.41) is 9.93. The molecule has 2 atom stereocenters. The molecule has 3 aromatic carbocycles. The fourth-order valence-corrected chi connectivity index (χ4v) is 4.27. The average Bonchev–Trinajstić information content (AvgIpc) is 2.74. The van der Waals surface area contributed by atoms with E-state index in [1.54, 1.807) is 6.07 Å². The lowest BCUT2D eigenvalue weighted by atomic mass is 9.69. The van der Waals surface area contributed by atoms with Gasteiger partial charge < -0.3 is 14.6 Å². The van der Waals surface area contributed by atoms with Crippen molar-refractivity contribution in [2.24, 2.45) is 0 Å². The maximum Gasteiger partial charge on any atom is 0.123 e. The van der Waals surface area contributed by atoms with Gasteiger partial charge in [-0.2, -0.15) is 0 Å². The molecule has 3 nitrogen and oxygen atoms in total. The molecule has 0 spiro atoms. The van der Waals surface area contributed by atoms with Gasteiger partial charge in [0.05, 0.1) is 6.61 Å². The first-order valence-corrected chi connectivity index (χ1v) is 9.79. The molecule has 0 saturated carbocycles. The Morgan fingerprint density at radius 2 is 1.75 bits per heavy atom. The number of carbonyl (C=O) groups excluding carboxylic acids is 1. The minimum absolute atomic E-state index is 0.232. The fourth-order valence-electron chi connectivity index (χ4n) is 4.27. The number of ether oxygens (including phenoxy) is 1. The summed E-state index contributed by atoms with van der Waals surface area (Å²) in [5.74, 6) is 1.73. The quantitative estimate of drug-likeness (QED) is 0.476. The van der Waals surface area contributed by atoms with Gasteiger partial charge >= 0.3 is 0 Å². The van der Waals surface area contributed by atoms with E-state index >= 15 is 0 Å². The molecule has 0 aromatic heterocycles. The van der Waals surface area contributed by atoms with Crippen molar-refractivity contribution in [1.82, 2.24) is 0 Å². The summed E-state index contributed by atoms with van der Waals surface area (Å²) in [6.07, 6.45) is 3.28. The highest BCUT2D eigenvalue weighted by Crippen LogP contribution is 2.47. The van der Waals surface area contributed by atoms with Crippen LogP contribution in [0.5, 0.6) is 11.5 Å². The van der Waals surface area contributed by atoms with Gasteiger partial charge in [0, 0.05) is 12.3 Å². The SMILES string of the molecule is O=CCCOc1ccc([C@@H]2c3ccc(O)cc3CC[C@@H]2c2ccccc2)cc1. The van der Waals surface area contributed by atoms with E-state index in [0.717, 1.165) is 24.9 Å². The van der Waals surface area contributed by atoms with E-state index < -0.39 is 0 Å². The highest BCUT2D eigenvalue weighted by Gasteiger charge is 2.32. The molecule has 0 amide bonds. The van der Waals surface area contributed by atoms with Crippen molar-refractivity contribution in [1.29, 1.82) is 0 Å². The van der Waals surface area contributed by atoms with Gasteiger partial charge in [-0.3, -0.25) is 0 Å². The summed E-state index contributed by atoms with van der Waals surface area (Å²) >= 11 is 0. The number of fused-ring (bicyclic) bond motifs is 1. The van der Waals surface area contributed by atoms with E-state index in [0.29, 0.717) is 24.7 Å². The molecule has 1 aliphatic rings. The molecule has 4 rings (SSSR count). The van der Waals surface area contributed by atoms with Crippen molar-refractivity contribution in [3.8, 4) is 11.5 Å². The van der Waals surface area contributed by atoms with Crippen LogP contribution < -0.4 is 4.74 Å². The van der Waals surface area contributed by atoms with E-state index in [9.17, 15) is 9.90 Å². The van der Waals surface area contributed by atoms with Crippen LogP contribution in [0.25, 0.3) is 0 Å². The number of aryl methyl sites for hydroxylation is 1. The molecule has 1 aliphatic carbocycles. The molecule has 0 radical (unpaired) electrons. The van der Waals surface area contributed by atoms with E-state index in [1.165, 1.54) is 22.3 Å². The van der Waals surface area contributed by atoms with Crippen LogP contribution in [0.3, 0.4) is 0 Å². The van der Waals surface area contributed by atoms with Crippen LogP contribution in [-0.2, 0) is 11.2 Å². The second-order valence-corrected chi connectivity index (χ2v) is 7.29. The topological polar surface area (TPSA) is 46.5 Å². The average molecular weight is 372 g/mol. The Labute approximate surface area is 165 Å². The molecule has 3 heteroatoms. The fraction of sp³-hybridized carbons (Fsp3) is 0.240. The lowest BCUT2D eigenvalue weighted by Crippen LogP contribution is -2.20. The number of benzene rings is 3. The first kappa shape index (κ1) is 18.3. The molecule has 0 aliphatic heterocycles. The lowest BCUT2D eigenvalue weighted by Gasteiger charge is -2.34. The maximum absolute atomic E-state index is 10.5. The lowest BCUT2D eigenvalue weighted by molar-refractivity contribution is -0.108. The van der Waals surface area contributed by atoms with Crippen LogP contribution in [0.4, 0.5) is 0 Å². The molecule has 3 aromatic rings. The van der Waals surface area contributed by atoms with Gasteiger partial charge in [-0.1, -0.05) is 48.5 Å². The van der Waals surface area contributed by atoms with Crippen molar-refractivity contribution >= 4 is 6.29 Å². The number of carbonyl (C=O) groups is 1. The number of aromatic hydroxyl groups is 1. The molecule has 142 valence electrons. The summed E-state index contributed by atoms with van der Waals surface area (Å²) in [5.41, 5.74) is 5.09. The molecular weight excluding hydrogens is 348 g/mol. The summed E-state index contributed by atoms with van der Waals surface area (Å²) in [7, 11) is 0. The molecular formula is C25H24O3. The summed E-state index contributed by atoms with van der Waals surface area (Å²) < 4.78 is 5.62. The van der Waals surface area contributed by atoms with Gasteiger partial charge in [-0.15, -0.1) is 0 Å². The van der Waals surface area contributed by atoms with Crippen LogP contribution in [0, 0.1) is 0 Å². The number of phenolic OH excluding ortho intramolecular Hbond substituents is 1. The summed E-state index contributed by atoms with van der Waals surface area (Å²) in [6.45, 7) is 0.404. The van der Waals surface area contributed by atoms with Crippen LogP contribution in [-0.4, -0.2) is 18.0 Å². The molecule has 0 unspecified atom stereocenters. The van der Waals surface area contributed by atoms with Gasteiger partial charge in [0.15, 0.2) is 0 Å². The normalized spacial score (nSPS) is 18.3. The molecule has 0 bridgehead atoms. The first-order chi connectivity index (χ1) is 13.8. The Kier molecular flexibility index (Phi) is 5.43. The Morgan fingerprint density at radius 3 is 2.50 bits per heavy atom. The van der Waals surface area contributed by atoms with Crippen molar-refractivity contribution in [3.05, 3.63) is 95.1 Å². The van der Waals surface area contributed by atoms with Crippen molar-refractivity contribution in [3.63, 3.8) is 0 Å². The number of aldehydes is 1. The Bertz CT molecular complexity index is 932. The zero-order valence-corrected chi connectivity index (χ0v) is 15.8. The predicted octanol–water partition coefficient (Wildman–Crippen LogP) is 5.22. The Morgan fingerprint density at radius 1 is 0.964 bits per heavy atom. The van der Waals surface area contributed by atoms with E-state index in [-0.39, 0.29) is 5.92 Å². The monoisotopic (exact) mass is 372 g/mol. The predicted molar refractivity (Wildman–Crippen MR) is 110 cm³/mol. The highest BCUT2D eigenvalue weighted by atomic mass is 16.5. The van der Waals surface area contributed by atoms with Crippen LogP contribution in [0.1, 0.15) is 46.9 Å². The highest BCUT2D eigenvalue weighted by molar-refractivity contribution is 5.50. The van der Waals surface area contributed by atoms with Crippen molar-refractivity contribution in [2.45, 2.75) is 31.1 Å². The zero-order chi connectivity index (χ0) is 19.3. The minimum Gasteiger partial charge on any atom is -0.508 e. The van der Waals surface area contributed by atoms with Gasteiger partial charge in [-0.05, 0) is 65.3 Å². The maximum atomic E-state index is 10.5. The van der Waals surface area contributed by atoms with E-state index in [2.05, 4.69) is 48.5 Å². The van der Waals surface area contributed by atoms with Gasteiger partial charge in [0.25, 0.3) is 0 Å². The molecule has 0 saturated heterocycles. The third-order valence-electron chi connectivity index (χ3n) is 5.56. The van der Waals surface area contributed by atoms with Crippen molar-refractivity contribution in [2.75, 3.05) is 6.61 Å². The largest absolute Gasteiger partial charge is 0.508 e. The third-order valence-corrected chi connectivity index (χ3v) is 5.56. The van der Waals surface area contributed by atoms with Gasteiger partial charge in [0.2, 0.25) is 0 Å². The second-order valence-electron chi connectivity index (χ2n) is 7.29. The number of hydrogen-bond acceptors (Lipinski definition) is 3. The van der Waals surface area contributed by atoms with E-state index in [1.807, 2.05) is 18.2 Å². The van der Waals surface area contributed by atoms with Crippen LogP contribution in [0.15, 0.2) is 72.8 Å². The molecule has 1 N–H and O–H groups in total. The number of rotatable bonds is 6. The van der Waals surface area contributed by atoms with Crippen LogP contribution >= 0.6 is 0 Å². The Balaban J connectivity index is 1.70. The minimum atomic E-state index is 0.232. The summed E-state index contributed by atoms with van der Waals surface area (Å²) in [4.78, 5) is 10.5. The molecule has 0 fully saturated rings. The van der Waals surface area contributed by atoms with Crippen molar-refractivity contribution < 1.29 is 14.6 Å². The standard InChI is InChI=1S/C25H24O3/c26-15-4-16-28-22-11-7-19(8-12-22)25-23(18-5-2-1-3-6-18)13-9-20-17-21(27)10-14-24(20)25/h1-3,5-8,10-12,14-15,17,23,25,27H,4,9,13,16H2/t23-,25+/m1/s1. The second kappa shape index (κ2) is 8.30. The molecule has 0 heterocycles. The number of phenols is 1. The third kappa shape index (κ3) is 3.79. The van der Waals surface area contributed by atoms with E-state index in [4.69, 9.17) is 4.74 Å². The zero-order valence-electron chi connectivity index (χ0n) is 15.8. The molecule has 28 heavy (non-hydrogen) atoms. The smallest absolute Gasteiger partial charge is 0.123 e. The summed E-state index contributed by atoms with van der Waals surface area (Å²) in [6, 6.07) is 24.6.